The van der Waals surface area contributed by atoms with E-state index in [1.807, 2.05) is 6.07 Å². The Hall–Kier alpha value is -1.73. The van der Waals surface area contributed by atoms with Crippen LogP contribution in [-0.4, -0.2) is 10.9 Å². The van der Waals surface area contributed by atoms with Crippen LogP contribution in [0.1, 0.15) is 27.7 Å². The average molecular weight is 443 g/mol. The Morgan fingerprint density at radius 2 is 1.70 bits per heavy atom. The minimum atomic E-state index is -0.429. The van der Waals surface area contributed by atoms with Gasteiger partial charge in [0.25, 0.3) is 5.69 Å². The average Bonchev–Trinajstić information content (AvgIpc) is 2.53. The molecule has 23 heavy (non-hydrogen) atoms. The van der Waals surface area contributed by atoms with E-state index in [2.05, 4.69) is 31.9 Å². The Kier molecular flexibility index (Phi) is 5.90. The Balaban J connectivity index is 2.20. The molecule has 0 saturated carbocycles. The molecule has 2 unspecified atom stereocenters. The lowest BCUT2D eigenvalue weighted by molar-refractivity contribution is -0.384. The number of rotatable bonds is 5. The Bertz CT molecular complexity index is 718. The molecule has 0 spiro atoms. The minimum absolute atomic E-state index is 0.0522. The van der Waals surface area contributed by atoms with Gasteiger partial charge in [-0.1, -0.05) is 56.1 Å². The maximum atomic E-state index is 11.0. The molecule has 0 aliphatic rings. The van der Waals surface area contributed by atoms with Gasteiger partial charge >= 0.3 is 5.97 Å². The molecule has 0 amide bonds. The van der Waals surface area contributed by atoms with E-state index >= 15 is 0 Å². The molecule has 2 rings (SSSR count). The van der Waals surface area contributed by atoms with Crippen LogP contribution >= 0.6 is 31.9 Å². The van der Waals surface area contributed by atoms with Crippen LogP contribution in [0.25, 0.3) is 0 Å². The number of carbonyl (C=O) groups excluding carboxylic acids is 1. The van der Waals surface area contributed by atoms with Crippen molar-refractivity contribution in [3.63, 3.8) is 0 Å². The summed E-state index contributed by atoms with van der Waals surface area (Å²) in [5.74, 6) is 0.0990. The van der Waals surface area contributed by atoms with Crippen molar-refractivity contribution in [3.8, 4) is 5.75 Å². The van der Waals surface area contributed by atoms with Gasteiger partial charge in [0.1, 0.15) is 5.75 Å². The van der Waals surface area contributed by atoms with Gasteiger partial charge < -0.3 is 4.74 Å². The number of carbonyl (C=O) groups is 1. The van der Waals surface area contributed by atoms with Crippen LogP contribution in [0.4, 0.5) is 5.69 Å². The zero-order chi connectivity index (χ0) is 17.0. The molecule has 120 valence electrons. The van der Waals surface area contributed by atoms with Crippen molar-refractivity contribution in [1.29, 1.82) is 0 Å². The summed E-state index contributed by atoms with van der Waals surface area (Å²) in [6.45, 7) is 1.35. The van der Waals surface area contributed by atoms with Gasteiger partial charge in [-0.15, -0.1) is 0 Å². The standard InChI is InChI=1S/C16H13Br2NO4/c1-10(20)23-14-4-2-3-12(9-14)16(18)15(17)11-5-7-13(8-6-11)19(21)22/h2-9,15-16H,1H3. The number of ether oxygens (including phenoxy) is 1. The van der Waals surface area contributed by atoms with Crippen LogP contribution in [0.2, 0.25) is 0 Å². The number of esters is 1. The number of non-ortho nitro benzene ring substituents is 1. The lowest BCUT2D eigenvalue weighted by atomic mass is 10.0. The zero-order valence-corrected chi connectivity index (χ0v) is 15.3. The largest absolute Gasteiger partial charge is 0.427 e. The van der Waals surface area contributed by atoms with E-state index in [-0.39, 0.29) is 21.3 Å². The highest BCUT2D eigenvalue weighted by atomic mass is 79.9. The highest BCUT2D eigenvalue weighted by Gasteiger charge is 2.21. The third-order valence-corrected chi connectivity index (χ3v) is 5.94. The Morgan fingerprint density at radius 1 is 1.09 bits per heavy atom. The van der Waals surface area contributed by atoms with Crippen molar-refractivity contribution < 1.29 is 14.5 Å². The molecular weight excluding hydrogens is 430 g/mol. The summed E-state index contributed by atoms with van der Waals surface area (Å²) in [5, 5.41) is 10.7. The van der Waals surface area contributed by atoms with Gasteiger partial charge in [-0.2, -0.15) is 0 Å². The zero-order valence-electron chi connectivity index (χ0n) is 12.1. The third kappa shape index (κ3) is 4.62. The van der Waals surface area contributed by atoms with Crippen molar-refractivity contribution in [1.82, 2.24) is 0 Å². The number of alkyl halides is 2. The molecule has 7 heteroatoms. The normalized spacial score (nSPS) is 13.2. The van der Waals surface area contributed by atoms with E-state index in [1.54, 1.807) is 30.3 Å². The number of halogens is 2. The fraction of sp³-hybridized carbons (Fsp3) is 0.188. The Morgan fingerprint density at radius 3 is 2.26 bits per heavy atom. The minimum Gasteiger partial charge on any atom is -0.427 e. The van der Waals surface area contributed by atoms with Crippen LogP contribution in [0.15, 0.2) is 48.5 Å². The first-order valence-corrected chi connectivity index (χ1v) is 8.52. The maximum absolute atomic E-state index is 11.0. The van der Waals surface area contributed by atoms with E-state index in [9.17, 15) is 14.9 Å². The van der Waals surface area contributed by atoms with Crippen molar-refractivity contribution >= 4 is 43.5 Å². The molecule has 0 saturated heterocycles. The molecule has 0 bridgehead atoms. The molecule has 0 aromatic heterocycles. The van der Waals surface area contributed by atoms with Crippen LogP contribution in [0, 0.1) is 10.1 Å². The van der Waals surface area contributed by atoms with E-state index in [4.69, 9.17) is 4.74 Å². The summed E-state index contributed by atoms with van der Waals surface area (Å²) in [6, 6.07) is 13.6. The molecule has 0 aliphatic carbocycles. The second-order valence-corrected chi connectivity index (χ2v) is 6.79. The fourth-order valence-electron chi connectivity index (χ4n) is 2.03. The third-order valence-electron chi connectivity index (χ3n) is 3.12. The SMILES string of the molecule is CC(=O)Oc1cccc(C(Br)C(Br)c2ccc([N+](=O)[O-])cc2)c1. The summed E-state index contributed by atoms with van der Waals surface area (Å²) in [5.41, 5.74) is 1.87. The van der Waals surface area contributed by atoms with Crippen LogP contribution < -0.4 is 4.74 Å². The molecule has 0 heterocycles. The van der Waals surface area contributed by atoms with Crippen LogP contribution in [0.5, 0.6) is 5.75 Å². The van der Waals surface area contributed by atoms with Crippen LogP contribution in [0.3, 0.4) is 0 Å². The number of hydrogen-bond donors (Lipinski definition) is 0. The van der Waals surface area contributed by atoms with Crippen molar-refractivity contribution in [2.75, 3.05) is 0 Å². The first-order valence-electron chi connectivity index (χ1n) is 6.69. The molecule has 5 nitrogen and oxygen atoms in total. The number of nitrogens with zero attached hydrogens (tertiary/aromatic N) is 1. The summed E-state index contributed by atoms with van der Waals surface area (Å²) in [6.07, 6.45) is 0. The number of nitro benzene ring substituents is 1. The van der Waals surface area contributed by atoms with Gasteiger partial charge in [0.05, 0.1) is 14.6 Å². The number of nitro groups is 1. The predicted molar refractivity (Wildman–Crippen MR) is 94.2 cm³/mol. The smallest absolute Gasteiger partial charge is 0.308 e. The van der Waals surface area contributed by atoms with Gasteiger partial charge in [-0.25, -0.2) is 0 Å². The maximum Gasteiger partial charge on any atom is 0.308 e. The second kappa shape index (κ2) is 7.70. The van der Waals surface area contributed by atoms with Gasteiger partial charge in [0, 0.05) is 19.1 Å². The van der Waals surface area contributed by atoms with E-state index in [0.29, 0.717) is 5.75 Å². The first kappa shape index (κ1) is 17.6. The molecule has 0 N–H and O–H groups in total. The van der Waals surface area contributed by atoms with E-state index in [0.717, 1.165) is 11.1 Å². The van der Waals surface area contributed by atoms with Crippen molar-refractivity contribution in [3.05, 3.63) is 69.8 Å². The topological polar surface area (TPSA) is 69.4 Å². The lowest BCUT2D eigenvalue weighted by Gasteiger charge is -2.18. The predicted octanol–water partition coefficient (Wildman–Crippen LogP) is 5.09. The number of hydrogen-bond acceptors (Lipinski definition) is 4. The Labute approximate surface area is 150 Å². The summed E-state index contributed by atoms with van der Waals surface area (Å²) < 4.78 is 5.08. The van der Waals surface area contributed by atoms with E-state index in [1.165, 1.54) is 19.1 Å². The molecule has 0 aliphatic heterocycles. The summed E-state index contributed by atoms with van der Waals surface area (Å²) in [7, 11) is 0. The van der Waals surface area contributed by atoms with E-state index < -0.39 is 4.92 Å². The molecular formula is C16H13Br2NO4. The highest BCUT2D eigenvalue weighted by molar-refractivity contribution is 9.12. The fourth-order valence-corrected chi connectivity index (χ4v) is 3.23. The summed E-state index contributed by atoms with van der Waals surface area (Å²) in [4.78, 5) is 21.1. The van der Waals surface area contributed by atoms with Crippen molar-refractivity contribution in [2.24, 2.45) is 0 Å². The molecule has 0 fully saturated rings. The van der Waals surface area contributed by atoms with Gasteiger partial charge in [-0.05, 0) is 23.3 Å². The monoisotopic (exact) mass is 441 g/mol. The molecule has 2 aromatic rings. The molecule has 0 radical (unpaired) electrons. The first-order chi connectivity index (χ1) is 10.9. The quantitative estimate of drug-likeness (QED) is 0.212. The second-order valence-electron chi connectivity index (χ2n) is 4.82. The van der Waals surface area contributed by atoms with Gasteiger partial charge in [0.2, 0.25) is 0 Å². The van der Waals surface area contributed by atoms with Gasteiger partial charge in [0.15, 0.2) is 0 Å². The lowest BCUT2D eigenvalue weighted by Crippen LogP contribution is -2.03. The van der Waals surface area contributed by atoms with Gasteiger partial charge in [-0.3, -0.25) is 14.9 Å². The highest BCUT2D eigenvalue weighted by Crippen LogP contribution is 2.43. The number of benzene rings is 2. The summed E-state index contributed by atoms with van der Waals surface area (Å²) >= 11 is 7.22. The van der Waals surface area contributed by atoms with Crippen molar-refractivity contribution in [2.45, 2.75) is 16.6 Å². The molecule has 2 aromatic carbocycles. The molecule has 2 atom stereocenters. The van der Waals surface area contributed by atoms with Crippen LogP contribution in [-0.2, 0) is 4.79 Å².